The van der Waals surface area contributed by atoms with Crippen molar-refractivity contribution in [3.05, 3.63) is 338 Å². The van der Waals surface area contributed by atoms with Crippen LogP contribution >= 0.6 is 23.1 Å². The third kappa shape index (κ3) is 8.16. The van der Waals surface area contributed by atoms with E-state index in [0.29, 0.717) is 0 Å². The molecule has 0 saturated carbocycles. The summed E-state index contributed by atoms with van der Waals surface area (Å²) < 4.78 is 2.61. The van der Waals surface area contributed by atoms with Gasteiger partial charge in [0, 0.05) is 111 Å². The van der Waals surface area contributed by atoms with E-state index < -0.39 is 0 Å². The minimum Gasteiger partial charge on any atom is -0.314 e. The number of benzene rings is 12. The van der Waals surface area contributed by atoms with Crippen LogP contribution in [0.25, 0.3) is 10.1 Å². The molecule has 432 valence electrons. The lowest BCUT2D eigenvalue weighted by molar-refractivity contribution is 0.775. The van der Waals surface area contributed by atoms with Gasteiger partial charge < -0.3 is 29.4 Å². The summed E-state index contributed by atoms with van der Waals surface area (Å²) >= 11 is 4.02. The molecule has 0 amide bonds. The van der Waals surface area contributed by atoms with Crippen LogP contribution in [0.5, 0.6) is 0 Å². The zero-order chi connectivity index (χ0) is 60.4. The molecule has 92 heavy (non-hydrogen) atoms. The second-order valence-electron chi connectivity index (χ2n) is 24.3. The van der Waals surface area contributed by atoms with E-state index in [1.807, 2.05) is 11.3 Å². The normalized spacial score (nSPS) is 16.0. The van der Waals surface area contributed by atoms with Crippen LogP contribution in [0.1, 0.15) is 0 Å². The lowest BCUT2D eigenvalue weighted by Crippen LogP contribution is -2.62. The average molecular weight is 1210 g/mol. The highest BCUT2D eigenvalue weighted by Crippen LogP contribution is 2.58. The number of nitrogens with zero attached hydrogens (tertiary/aromatic N) is 6. The second-order valence-corrected chi connectivity index (χ2v) is 26.6. The van der Waals surface area contributed by atoms with Crippen LogP contribution in [0.2, 0.25) is 0 Å². The molecule has 0 fully saturated rings. The van der Waals surface area contributed by atoms with Gasteiger partial charge in [-0.25, -0.2) is 0 Å². The Labute approximate surface area is 545 Å². The maximum absolute atomic E-state index is 2.69. The number of anilines is 17. The molecule has 0 N–H and O–H groups in total. The molecule has 6 aliphatic rings. The van der Waals surface area contributed by atoms with Crippen molar-refractivity contribution in [3.63, 3.8) is 0 Å². The Hall–Kier alpha value is -10.9. The van der Waals surface area contributed by atoms with Crippen molar-refractivity contribution in [1.29, 1.82) is 0 Å². The summed E-state index contributed by atoms with van der Waals surface area (Å²) in [7, 11) is 0. The van der Waals surface area contributed by atoms with Crippen molar-refractivity contribution in [2.45, 2.75) is 5.25 Å². The third-order valence-electron chi connectivity index (χ3n) is 19.2. The fourth-order valence-electron chi connectivity index (χ4n) is 15.5. The number of hydrogen-bond acceptors (Lipinski definition) is 8. The number of thioether (sulfide) groups is 1. The van der Waals surface area contributed by atoms with Gasteiger partial charge in [-0.05, 0) is 160 Å². The fraction of sp³-hybridized carbons (Fsp3) is 0.0244. The number of thiophene rings is 1. The highest BCUT2D eigenvalue weighted by Gasteiger charge is 2.53. The van der Waals surface area contributed by atoms with E-state index in [1.54, 1.807) is 0 Å². The number of allylic oxidation sites excluding steroid dienone is 3. The highest BCUT2D eigenvalue weighted by molar-refractivity contribution is 8.06. The summed E-state index contributed by atoms with van der Waals surface area (Å²) in [6.07, 6.45) is 9.44. The average Bonchev–Trinajstić information content (AvgIpc) is 1.19. The molecule has 13 aromatic rings. The standard InChI is InChI=1S/C82H56B2N6S2/c1-9-29-55(30-10-1)85(56-31-11-2-12-32-56)63-49-71-77-73(51-63)89(61-41-21-7-22-42-61)79-65-45-25-27-47-75(65)91-81(79)83(77)67-53-68-70(54-69(67)87(71)59-37-17-5-18-38-59)88(60-39-19-6-20-40-60)72-50-64(86(57-33-13-3-14-34-57)58-35-15-4-16-36-58)52-74-78(72)84(68)82-80(66-46-26-28-48-76(66)92-82)90(74)62-43-23-8-24-44-62/h1-54,65,75H. The maximum Gasteiger partial charge on any atom is 0.264 e. The summed E-state index contributed by atoms with van der Waals surface area (Å²) in [5, 5.41) is 1.47. The summed E-state index contributed by atoms with van der Waals surface area (Å²) in [4.78, 5) is 16.7. The van der Waals surface area contributed by atoms with Gasteiger partial charge in [-0.15, -0.1) is 23.1 Å². The Morgan fingerprint density at radius 1 is 0.326 bits per heavy atom. The number of rotatable bonds is 10. The maximum atomic E-state index is 2.69. The quantitative estimate of drug-likeness (QED) is 0.126. The van der Waals surface area contributed by atoms with Crippen molar-refractivity contribution in [1.82, 2.24) is 0 Å². The van der Waals surface area contributed by atoms with Crippen LogP contribution in [0, 0.1) is 5.92 Å². The van der Waals surface area contributed by atoms with E-state index in [9.17, 15) is 0 Å². The molecule has 0 saturated heterocycles. The monoisotopic (exact) mass is 1210 g/mol. The molecule has 0 bridgehead atoms. The topological polar surface area (TPSA) is 19.4 Å². The van der Waals surface area contributed by atoms with Crippen LogP contribution in [-0.2, 0) is 0 Å². The van der Waals surface area contributed by atoms with Crippen molar-refractivity contribution in [2.75, 3.05) is 29.4 Å². The molecule has 5 aliphatic heterocycles. The summed E-state index contributed by atoms with van der Waals surface area (Å²) in [5.74, 6) is 0.139. The fourth-order valence-corrected chi connectivity index (χ4v) is 18.4. The molecule has 2 atom stereocenters. The zero-order valence-corrected chi connectivity index (χ0v) is 51.6. The van der Waals surface area contributed by atoms with Crippen LogP contribution in [0.4, 0.5) is 96.7 Å². The van der Waals surface area contributed by atoms with Crippen LogP contribution < -0.4 is 56.0 Å². The Bertz CT molecular complexity index is 5050. The van der Waals surface area contributed by atoms with E-state index in [0.717, 1.165) is 85.3 Å². The highest BCUT2D eigenvalue weighted by atomic mass is 32.2. The van der Waals surface area contributed by atoms with Gasteiger partial charge in [0.2, 0.25) is 0 Å². The van der Waals surface area contributed by atoms with E-state index in [1.165, 1.54) is 58.6 Å². The van der Waals surface area contributed by atoms with Crippen molar-refractivity contribution >= 4 is 170 Å². The van der Waals surface area contributed by atoms with Gasteiger partial charge in [0.25, 0.3) is 13.4 Å². The van der Waals surface area contributed by atoms with Gasteiger partial charge in [-0.2, -0.15) is 0 Å². The van der Waals surface area contributed by atoms with Crippen molar-refractivity contribution < 1.29 is 0 Å². The van der Waals surface area contributed by atoms with Crippen LogP contribution in [0.15, 0.2) is 338 Å². The molecular formula is C82H56B2N6S2. The molecule has 1 aliphatic carbocycles. The predicted molar refractivity (Wildman–Crippen MR) is 394 cm³/mol. The van der Waals surface area contributed by atoms with E-state index in [4.69, 9.17) is 0 Å². The lowest BCUT2D eigenvalue weighted by atomic mass is 9.33. The third-order valence-corrected chi connectivity index (χ3v) is 21.8. The first kappa shape index (κ1) is 53.0. The Morgan fingerprint density at radius 3 is 1.20 bits per heavy atom. The largest absolute Gasteiger partial charge is 0.314 e. The van der Waals surface area contributed by atoms with Crippen molar-refractivity contribution in [2.24, 2.45) is 5.92 Å². The number of fused-ring (bicyclic) bond motifs is 11. The molecule has 10 heteroatoms. The van der Waals surface area contributed by atoms with Gasteiger partial charge in [0.05, 0.1) is 17.1 Å². The molecule has 6 nitrogen and oxygen atoms in total. The second kappa shape index (κ2) is 21.4. The summed E-state index contributed by atoms with van der Waals surface area (Å²) in [5.41, 5.74) is 25.7. The van der Waals surface area contributed by atoms with E-state index >= 15 is 0 Å². The van der Waals surface area contributed by atoms with Crippen LogP contribution in [-0.4, -0.2) is 18.7 Å². The van der Waals surface area contributed by atoms with E-state index in [-0.39, 0.29) is 24.6 Å². The molecule has 0 spiro atoms. The molecule has 6 heterocycles. The Balaban J connectivity index is 0.952. The van der Waals surface area contributed by atoms with Gasteiger partial charge in [0.15, 0.2) is 0 Å². The Morgan fingerprint density at radius 2 is 0.707 bits per heavy atom. The minimum atomic E-state index is -0.148. The molecule has 19 rings (SSSR count). The zero-order valence-electron chi connectivity index (χ0n) is 50.0. The van der Waals surface area contributed by atoms with E-state index in [2.05, 4.69) is 369 Å². The molecule has 0 radical (unpaired) electrons. The van der Waals surface area contributed by atoms with Gasteiger partial charge in [-0.3, -0.25) is 0 Å². The molecular weight excluding hydrogens is 1150 g/mol. The number of para-hydroxylation sites is 8. The molecule has 12 aromatic carbocycles. The first-order valence-corrected chi connectivity index (χ1v) is 33.4. The predicted octanol–water partition coefficient (Wildman–Crippen LogP) is 19.1. The first-order valence-electron chi connectivity index (χ1n) is 31.7. The smallest absolute Gasteiger partial charge is 0.264 e. The SMILES string of the molecule is C1=CC2SC3=C(C2C=C1)N(c1ccccc1)c1cc(N(c2ccccc2)c2ccccc2)cc2c1B3c1cc3c(cc1N2c1ccccc1)N(c1ccccc1)c1cc(N(c2ccccc2)c2ccccc2)cc2c1B3c1sc3ccccc3c1N2c1ccccc1. The summed E-state index contributed by atoms with van der Waals surface area (Å²) in [6, 6.07) is 112. The van der Waals surface area contributed by atoms with Crippen LogP contribution in [0.3, 0.4) is 0 Å². The minimum absolute atomic E-state index is 0.117. The Kier molecular flexibility index (Phi) is 12.3. The molecule has 2 unspecified atom stereocenters. The first-order chi connectivity index (χ1) is 45.7. The van der Waals surface area contributed by atoms with Gasteiger partial charge >= 0.3 is 0 Å². The molecule has 1 aromatic heterocycles. The van der Waals surface area contributed by atoms with Gasteiger partial charge in [-0.1, -0.05) is 194 Å². The lowest BCUT2D eigenvalue weighted by Gasteiger charge is -2.47. The van der Waals surface area contributed by atoms with Gasteiger partial charge in [0.1, 0.15) is 0 Å². The summed E-state index contributed by atoms with van der Waals surface area (Å²) in [6.45, 7) is -0.265. The number of hydrogen-bond donors (Lipinski definition) is 0. The van der Waals surface area contributed by atoms with Crippen molar-refractivity contribution in [3.8, 4) is 0 Å².